The summed E-state index contributed by atoms with van der Waals surface area (Å²) in [5.41, 5.74) is 2.74. The number of hydrogen-bond acceptors (Lipinski definition) is 7. The second-order valence-electron chi connectivity index (χ2n) is 9.91. The Morgan fingerprint density at radius 2 is 1.83 bits per heavy atom. The van der Waals surface area contributed by atoms with Crippen LogP contribution in [-0.2, 0) is 16.1 Å². The largest absolute Gasteiger partial charge is 0.496 e. The quantitative estimate of drug-likeness (QED) is 0.230. The van der Waals surface area contributed by atoms with E-state index in [-0.39, 0.29) is 23.1 Å². The average Bonchev–Trinajstić information content (AvgIpc) is 3.26. The maximum atomic E-state index is 13.9. The molecule has 0 aliphatic carbocycles. The van der Waals surface area contributed by atoms with Crippen molar-refractivity contribution in [2.45, 2.75) is 39.5 Å². The molecule has 0 N–H and O–H groups in total. The molecule has 0 saturated heterocycles. The predicted molar refractivity (Wildman–Crippen MR) is 163 cm³/mol. The number of methoxy groups -OCH3 is 1. The Balaban J connectivity index is 1.53. The van der Waals surface area contributed by atoms with Gasteiger partial charge >= 0.3 is 5.97 Å². The van der Waals surface area contributed by atoms with Crippen LogP contribution in [0, 0.1) is 5.82 Å². The maximum absolute atomic E-state index is 13.9. The number of ether oxygens (including phenoxy) is 3. The molecule has 0 amide bonds. The molecule has 5 rings (SSSR count). The lowest BCUT2D eigenvalue weighted by Crippen LogP contribution is -2.40. The number of rotatable bonds is 8. The van der Waals surface area contributed by atoms with Gasteiger partial charge < -0.3 is 14.2 Å². The Morgan fingerprint density at radius 1 is 1.12 bits per heavy atom. The molecular formula is C32H28BrFN2O5S. The Labute approximate surface area is 254 Å². The van der Waals surface area contributed by atoms with E-state index in [0.717, 1.165) is 15.6 Å². The Bertz CT molecular complexity index is 1840. The SMILES string of the molecule is COc1ccc(Br)cc1[C@@H]1C(C(=O)OC(C)C)=C(C)N=c2s/c(=C\c3ccc(OCc4ccc(F)cc4)cc3)c(=O)n21. The van der Waals surface area contributed by atoms with Gasteiger partial charge in [-0.3, -0.25) is 9.36 Å². The highest BCUT2D eigenvalue weighted by Crippen LogP contribution is 2.37. The minimum atomic E-state index is -0.802. The monoisotopic (exact) mass is 650 g/mol. The lowest BCUT2D eigenvalue weighted by atomic mass is 9.95. The zero-order chi connectivity index (χ0) is 30.0. The van der Waals surface area contributed by atoms with Crippen molar-refractivity contribution in [2.75, 3.05) is 7.11 Å². The number of nitrogens with zero attached hydrogens (tertiary/aromatic N) is 2. The molecule has 1 aliphatic rings. The number of carbonyl (C=O) groups is 1. The summed E-state index contributed by atoms with van der Waals surface area (Å²) in [5, 5.41) is 0. The molecule has 1 atom stereocenters. The van der Waals surface area contributed by atoms with Gasteiger partial charge in [0.15, 0.2) is 4.80 Å². The van der Waals surface area contributed by atoms with Gasteiger partial charge in [-0.2, -0.15) is 0 Å². The zero-order valence-electron chi connectivity index (χ0n) is 23.4. The molecule has 4 aromatic rings. The van der Waals surface area contributed by atoms with Gasteiger partial charge in [0, 0.05) is 10.0 Å². The summed E-state index contributed by atoms with van der Waals surface area (Å²) < 4.78 is 33.0. The van der Waals surface area contributed by atoms with E-state index < -0.39 is 12.0 Å². The number of hydrogen-bond donors (Lipinski definition) is 0. The summed E-state index contributed by atoms with van der Waals surface area (Å²) in [6, 6.07) is 18.1. The fraction of sp³-hybridized carbons (Fsp3) is 0.219. The number of aromatic nitrogens is 1. The molecule has 42 heavy (non-hydrogen) atoms. The van der Waals surface area contributed by atoms with Crippen LogP contribution in [0.25, 0.3) is 6.08 Å². The molecule has 1 aromatic heterocycles. The molecule has 0 spiro atoms. The number of halogens is 2. The molecule has 0 bridgehead atoms. The highest BCUT2D eigenvalue weighted by Gasteiger charge is 2.35. The van der Waals surface area contributed by atoms with Crippen molar-refractivity contribution in [1.82, 2.24) is 4.57 Å². The van der Waals surface area contributed by atoms with E-state index in [1.54, 1.807) is 52.2 Å². The van der Waals surface area contributed by atoms with Crippen molar-refractivity contribution in [2.24, 2.45) is 4.99 Å². The van der Waals surface area contributed by atoms with Crippen LogP contribution in [0.5, 0.6) is 11.5 Å². The summed E-state index contributed by atoms with van der Waals surface area (Å²) >= 11 is 4.76. The van der Waals surface area contributed by atoms with Gasteiger partial charge in [-0.15, -0.1) is 0 Å². The third-order valence-corrected chi connectivity index (χ3v) is 8.04. The van der Waals surface area contributed by atoms with Crippen molar-refractivity contribution in [1.29, 1.82) is 0 Å². The van der Waals surface area contributed by atoms with E-state index >= 15 is 0 Å². The lowest BCUT2D eigenvalue weighted by Gasteiger charge is -2.26. The summed E-state index contributed by atoms with van der Waals surface area (Å²) in [6.07, 6.45) is 1.43. The van der Waals surface area contributed by atoms with Gasteiger partial charge in [0.25, 0.3) is 5.56 Å². The molecule has 3 aromatic carbocycles. The second-order valence-corrected chi connectivity index (χ2v) is 11.8. The molecule has 2 heterocycles. The highest BCUT2D eigenvalue weighted by molar-refractivity contribution is 9.10. The molecule has 10 heteroatoms. The van der Waals surface area contributed by atoms with Crippen molar-refractivity contribution in [3.05, 3.63) is 125 Å². The molecule has 1 aliphatic heterocycles. The van der Waals surface area contributed by atoms with Crippen LogP contribution in [0.1, 0.15) is 43.5 Å². The summed E-state index contributed by atoms with van der Waals surface area (Å²) in [6.45, 7) is 5.60. The Hall–Kier alpha value is -4.02. The van der Waals surface area contributed by atoms with Crippen molar-refractivity contribution >= 4 is 39.3 Å². The van der Waals surface area contributed by atoms with Crippen molar-refractivity contribution in [3.8, 4) is 11.5 Å². The van der Waals surface area contributed by atoms with Gasteiger partial charge in [0.05, 0.1) is 29.0 Å². The van der Waals surface area contributed by atoms with Gasteiger partial charge in [-0.1, -0.05) is 51.5 Å². The average molecular weight is 652 g/mol. The maximum Gasteiger partial charge on any atom is 0.338 e. The van der Waals surface area contributed by atoms with E-state index in [1.807, 2.05) is 36.4 Å². The number of thiazole rings is 1. The number of fused-ring (bicyclic) bond motifs is 1. The third-order valence-electron chi connectivity index (χ3n) is 6.57. The number of carbonyl (C=O) groups excluding carboxylic acids is 1. The summed E-state index contributed by atoms with van der Waals surface area (Å²) in [5.74, 6) is 0.336. The van der Waals surface area contributed by atoms with Crippen LogP contribution in [0.2, 0.25) is 0 Å². The van der Waals surface area contributed by atoms with Gasteiger partial charge in [-0.25, -0.2) is 14.2 Å². The Kier molecular flexibility index (Phi) is 8.74. The minimum absolute atomic E-state index is 0.279. The van der Waals surface area contributed by atoms with Gasteiger partial charge in [-0.05, 0) is 80.4 Å². The topological polar surface area (TPSA) is 79.1 Å². The van der Waals surface area contributed by atoms with Gasteiger partial charge in [0.2, 0.25) is 0 Å². The van der Waals surface area contributed by atoms with Gasteiger partial charge in [0.1, 0.15) is 30.0 Å². The van der Waals surface area contributed by atoms with Crippen molar-refractivity contribution < 1.29 is 23.4 Å². The van der Waals surface area contributed by atoms with Crippen LogP contribution < -0.4 is 24.4 Å². The van der Waals surface area contributed by atoms with Crippen molar-refractivity contribution in [3.63, 3.8) is 0 Å². The van der Waals surface area contributed by atoms with E-state index in [9.17, 15) is 14.0 Å². The molecule has 0 saturated carbocycles. The van der Waals surface area contributed by atoms with E-state index in [1.165, 1.54) is 28.0 Å². The second kappa shape index (κ2) is 12.5. The molecular weight excluding hydrogens is 623 g/mol. The molecule has 0 fully saturated rings. The van der Waals surface area contributed by atoms with Crippen LogP contribution in [0.3, 0.4) is 0 Å². The number of benzene rings is 3. The first-order valence-corrected chi connectivity index (χ1v) is 14.8. The smallest absolute Gasteiger partial charge is 0.338 e. The fourth-order valence-electron chi connectivity index (χ4n) is 4.63. The third kappa shape index (κ3) is 6.24. The molecule has 0 unspecified atom stereocenters. The number of esters is 1. The van der Waals surface area contributed by atoms with Crippen LogP contribution in [0.4, 0.5) is 4.39 Å². The predicted octanol–water partition coefficient (Wildman–Crippen LogP) is 5.68. The normalized spacial score (nSPS) is 14.9. The van der Waals surface area contributed by atoms with Crippen LogP contribution in [-0.4, -0.2) is 23.8 Å². The highest BCUT2D eigenvalue weighted by atomic mass is 79.9. The summed E-state index contributed by atoms with van der Waals surface area (Å²) in [4.78, 5) is 32.4. The summed E-state index contributed by atoms with van der Waals surface area (Å²) in [7, 11) is 1.55. The molecule has 216 valence electrons. The molecule has 7 nitrogen and oxygen atoms in total. The van der Waals surface area contributed by atoms with E-state index in [0.29, 0.717) is 38.7 Å². The zero-order valence-corrected chi connectivity index (χ0v) is 25.8. The van der Waals surface area contributed by atoms with Crippen LogP contribution >= 0.6 is 27.3 Å². The van der Waals surface area contributed by atoms with E-state index in [4.69, 9.17) is 14.2 Å². The lowest BCUT2D eigenvalue weighted by molar-refractivity contribution is -0.143. The first-order valence-electron chi connectivity index (χ1n) is 13.2. The first-order chi connectivity index (χ1) is 20.1. The fourth-order valence-corrected chi connectivity index (χ4v) is 6.06. The number of allylic oxidation sites excluding steroid dienone is 1. The minimum Gasteiger partial charge on any atom is -0.496 e. The standard InChI is InChI=1S/C32H28BrFN2O5S/c1-18(2)41-31(38)28-19(3)35-32-36(29(28)25-16-22(33)9-14-26(25)39-4)30(37)27(42-32)15-20-7-12-24(13-8-20)40-17-21-5-10-23(34)11-6-21/h5-16,18,29H,17H2,1-4H3/b27-15-/t29-/m1/s1. The van der Waals surface area contributed by atoms with Crippen LogP contribution in [0.15, 0.2) is 92.3 Å². The van der Waals surface area contributed by atoms with E-state index in [2.05, 4.69) is 20.9 Å². The molecule has 0 radical (unpaired) electrons. The first kappa shape index (κ1) is 29.5. The Morgan fingerprint density at radius 3 is 2.50 bits per heavy atom.